The van der Waals surface area contributed by atoms with Crippen LogP contribution < -0.4 is 5.32 Å². The number of aryl methyl sites for hydroxylation is 1. The minimum absolute atomic E-state index is 0.0433. The zero-order valence-electron chi connectivity index (χ0n) is 15.5. The minimum Gasteiger partial charge on any atom is -0.376 e. The number of nitrogens with zero attached hydrogens (tertiary/aromatic N) is 2. The van der Waals surface area contributed by atoms with Crippen molar-refractivity contribution in [3.63, 3.8) is 0 Å². The number of ether oxygens (including phenoxy) is 1. The summed E-state index contributed by atoms with van der Waals surface area (Å²) in [6.45, 7) is 5.10. The maximum Gasteiger partial charge on any atom is 0.262 e. The summed E-state index contributed by atoms with van der Waals surface area (Å²) in [4.78, 5) is 12.4. The number of hydrogen-bond acceptors (Lipinski definition) is 3. The summed E-state index contributed by atoms with van der Waals surface area (Å²) in [5, 5.41) is 12.9. The fourth-order valence-electron chi connectivity index (χ4n) is 3.36. The molecule has 0 radical (unpaired) electrons. The van der Waals surface area contributed by atoms with Gasteiger partial charge >= 0.3 is 0 Å². The lowest BCUT2D eigenvalue weighted by molar-refractivity contribution is -0.117. The summed E-state index contributed by atoms with van der Waals surface area (Å²) < 4.78 is 7.55. The Bertz CT molecular complexity index is 918. The molecule has 1 saturated heterocycles. The molecule has 0 spiro atoms. The van der Waals surface area contributed by atoms with E-state index in [1.54, 1.807) is 6.08 Å². The topological polar surface area (TPSA) is 67.1 Å². The van der Waals surface area contributed by atoms with E-state index in [0.29, 0.717) is 11.6 Å². The van der Waals surface area contributed by atoms with Crippen molar-refractivity contribution in [2.45, 2.75) is 32.8 Å². The first-order chi connectivity index (χ1) is 13.0. The Morgan fingerprint density at radius 3 is 2.93 bits per heavy atom. The number of nitriles is 1. The van der Waals surface area contributed by atoms with E-state index < -0.39 is 0 Å². The summed E-state index contributed by atoms with van der Waals surface area (Å²) in [5.74, 6) is -0.374. The van der Waals surface area contributed by atoms with Crippen LogP contribution in [0.4, 0.5) is 0 Å². The third kappa shape index (κ3) is 4.41. The first kappa shape index (κ1) is 19.2. The highest BCUT2D eigenvalue weighted by Gasteiger charge is 2.18. The highest BCUT2D eigenvalue weighted by atomic mass is 35.5. The molecule has 0 aliphatic carbocycles. The van der Waals surface area contributed by atoms with E-state index in [1.807, 2.05) is 50.2 Å². The number of rotatable bonds is 5. The molecule has 0 bridgehead atoms. The molecule has 6 heteroatoms. The lowest BCUT2D eigenvalue weighted by Crippen LogP contribution is -2.32. The van der Waals surface area contributed by atoms with Gasteiger partial charge in [-0.3, -0.25) is 4.79 Å². The normalized spacial score (nSPS) is 17.0. The monoisotopic (exact) mass is 383 g/mol. The van der Waals surface area contributed by atoms with Crippen molar-refractivity contribution in [3.05, 3.63) is 57.9 Å². The molecule has 1 aromatic carbocycles. The third-order valence-electron chi connectivity index (χ3n) is 4.72. The lowest BCUT2D eigenvalue weighted by atomic mass is 10.1. The SMILES string of the molecule is Cc1cc(C=C(C#N)C(=O)NCC2CCCO2)c(C)n1-c1cccc(Cl)c1. The van der Waals surface area contributed by atoms with Crippen LogP contribution in [-0.4, -0.2) is 29.7 Å². The summed E-state index contributed by atoms with van der Waals surface area (Å²) in [5.41, 5.74) is 3.79. The fourth-order valence-corrected chi connectivity index (χ4v) is 3.54. The second-order valence-electron chi connectivity index (χ2n) is 6.66. The van der Waals surface area contributed by atoms with Crippen LogP contribution in [0.2, 0.25) is 5.02 Å². The molecule has 1 aliphatic heterocycles. The highest BCUT2D eigenvalue weighted by Crippen LogP contribution is 2.24. The molecule has 0 saturated carbocycles. The molecule has 1 unspecified atom stereocenters. The van der Waals surface area contributed by atoms with Crippen molar-refractivity contribution in [2.75, 3.05) is 13.2 Å². The number of amides is 1. The number of halogens is 1. The predicted octanol–water partition coefficient (Wildman–Crippen LogP) is 3.95. The van der Waals surface area contributed by atoms with Crippen molar-refractivity contribution in [1.82, 2.24) is 9.88 Å². The maximum absolute atomic E-state index is 12.4. The minimum atomic E-state index is -0.374. The Balaban J connectivity index is 1.83. The van der Waals surface area contributed by atoms with Gasteiger partial charge in [0.1, 0.15) is 11.6 Å². The van der Waals surface area contributed by atoms with Crippen LogP contribution in [0.1, 0.15) is 29.8 Å². The maximum atomic E-state index is 12.4. The largest absolute Gasteiger partial charge is 0.376 e. The predicted molar refractivity (Wildman–Crippen MR) is 106 cm³/mol. The van der Waals surface area contributed by atoms with Gasteiger partial charge < -0.3 is 14.6 Å². The highest BCUT2D eigenvalue weighted by molar-refractivity contribution is 6.30. The van der Waals surface area contributed by atoms with Gasteiger partial charge in [-0.15, -0.1) is 0 Å². The van der Waals surface area contributed by atoms with E-state index >= 15 is 0 Å². The molecule has 1 N–H and O–H groups in total. The summed E-state index contributed by atoms with van der Waals surface area (Å²) >= 11 is 6.11. The Labute approximate surface area is 164 Å². The van der Waals surface area contributed by atoms with E-state index in [1.165, 1.54) is 0 Å². The molecular formula is C21H22ClN3O2. The summed E-state index contributed by atoms with van der Waals surface area (Å²) in [6.07, 6.45) is 3.62. The van der Waals surface area contributed by atoms with Crippen molar-refractivity contribution in [2.24, 2.45) is 0 Å². The van der Waals surface area contributed by atoms with Crippen LogP contribution in [0.3, 0.4) is 0 Å². The smallest absolute Gasteiger partial charge is 0.262 e. The summed E-state index contributed by atoms with van der Waals surface area (Å²) in [7, 11) is 0. The second-order valence-corrected chi connectivity index (χ2v) is 7.09. The first-order valence-corrected chi connectivity index (χ1v) is 9.34. The number of benzene rings is 1. The Kier molecular flexibility index (Phi) is 6.00. The fraction of sp³-hybridized carbons (Fsp3) is 0.333. The van der Waals surface area contributed by atoms with Gasteiger partial charge in [0.25, 0.3) is 5.91 Å². The van der Waals surface area contributed by atoms with Crippen molar-refractivity contribution < 1.29 is 9.53 Å². The van der Waals surface area contributed by atoms with E-state index in [-0.39, 0.29) is 17.6 Å². The number of carbonyl (C=O) groups is 1. The molecule has 1 amide bonds. The molecule has 1 aromatic heterocycles. The number of nitrogens with one attached hydrogen (secondary N) is 1. The Morgan fingerprint density at radius 2 is 2.26 bits per heavy atom. The quantitative estimate of drug-likeness (QED) is 0.628. The van der Waals surface area contributed by atoms with Crippen molar-refractivity contribution in [1.29, 1.82) is 5.26 Å². The molecule has 27 heavy (non-hydrogen) atoms. The summed E-state index contributed by atoms with van der Waals surface area (Å²) in [6, 6.07) is 11.5. The van der Waals surface area contributed by atoms with Gasteiger partial charge in [-0.1, -0.05) is 17.7 Å². The van der Waals surface area contributed by atoms with Gasteiger partial charge in [0.15, 0.2) is 0 Å². The van der Waals surface area contributed by atoms with Crippen LogP contribution >= 0.6 is 11.6 Å². The van der Waals surface area contributed by atoms with Gasteiger partial charge in [-0.2, -0.15) is 5.26 Å². The van der Waals surface area contributed by atoms with Gasteiger partial charge in [-0.05, 0) is 62.6 Å². The van der Waals surface area contributed by atoms with Crippen LogP contribution in [0.5, 0.6) is 0 Å². The van der Waals surface area contributed by atoms with Gasteiger partial charge in [0.05, 0.1) is 6.10 Å². The molecule has 1 atom stereocenters. The van der Waals surface area contributed by atoms with Gasteiger partial charge in [-0.25, -0.2) is 0 Å². The molecule has 140 valence electrons. The van der Waals surface area contributed by atoms with Crippen molar-refractivity contribution in [3.8, 4) is 11.8 Å². The van der Waals surface area contributed by atoms with Crippen LogP contribution in [0, 0.1) is 25.2 Å². The van der Waals surface area contributed by atoms with E-state index in [0.717, 1.165) is 42.1 Å². The Hall–Kier alpha value is -2.55. The second kappa shape index (κ2) is 8.43. The average Bonchev–Trinajstić information content (AvgIpc) is 3.25. The standard InChI is InChI=1S/C21H22ClN3O2/c1-14-9-16(15(2)25(14)19-6-3-5-18(22)11-19)10-17(12-23)21(26)24-13-20-7-4-8-27-20/h3,5-6,9-11,20H,4,7-8,13H2,1-2H3,(H,24,26). The molecule has 1 aliphatic rings. The van der Waals surface area contributed by atoms with Gasteiger partial charge in [0.2, 0.25) is 0 Å². The molecule has 2 heterocycles. The van der Waals surface area contributed by atoms with Crippen molar-refractivity contribution >= 4 is 23.6 Å². The van der Waals surface area contributed by atoms with Crippen LogP contribution in [-0.2, 0) is 9.53 Å². The van der Waals surface area contributed by atoms with E-state index in [9.17, 15) is 10.1 Å². The van der Waals surface area contributed by atoms with Crippen LogP contribution in [0.25, 0.3) is 11.8 Å². The zero-order valence-corrected chi connectivity index (χ0v) is 16.2. The lowest BCUT2D eigenvalue weighted by Gasteiger charge is -2.11. The number of hydrogen-bond donors (Lipinski definition) is 1. The van der Waals surface area contributed by atoms with E-state index in [4.69, 9.17) is 16.3 Å². The molecule has 3 rings (SSSR count). The molecular weight excluding hydrogens is 362 g/mol. The Morgan fingerprint density at radius 1 is 1.44 bits per heavy atom. The number of carbonyl (C=O) groups excluding carboxylic acids is 1. The molecule has 1 fully saturated rings. The first-order valence-electron chi connectivity index (χ1n) is 8.96. The van der Waals surface area contributed by atoms with Crippen LogP contribution in [0.15, 0.2) is 35.9 Å². The zero-order chi connectivity index (χ0) is 19.4. The van der Waals surface area contributed by atoms with E-state index in [2.05, 4.69) is 9.88 Å². The average molecular weight is 384 g/mol. The third-order valence-corrected chi connectivity index (χ3v) is 4.95. The number of aromatic nitrogens is 1. The van der Waals surface area contributed by atoms with Gasteiger partial charge in [0, 0.05) is 35.2 Å². The molecule has 2 aromatic rings. The molecule has 5 nitrogen and oxygen atoms in total.